The highest BCUT2D eigenvalue weighted by molar-refractivity contribution is 5.83. The number of rotatable bonds is 4. The van der Waals surface area contributed by atoms with Crippen LogP contribution in [0.3, 0.4) is 0 Å². The minimum absolute atomic E-state index is 0. The van der Waals surface area contributed by atoms with Crippen LogP contribution in [0, 0.1) is 6.92 Å². The second-order valence-corrected chi connectivity index (χ2v) is 5.86. The van der Waals surface area contributed by atoms with Gasteiger partial charge in [-0.05, 0) is 31.2 Å². The lowest BCUT2D eigenvalue weighted by Crippen LogP contribution is -1.92. The number of hydrogen-bond donors (Lipinski definition) is 1. The van der Waals surface area contributed by atoms with Crippen molar-refractivity contribution >= 4 is 0 Å². The number of ether oxygens (including phenoxy) is 1. The summed E-state index contributed by atoms with van der Waals surface area (Å²) in [6.45, 7) is 1.86. The van der Waals surface area contributed by atoms with Crippen LogP contribution < -0.4 is 4.74 Å². The van der Waals surface area contributed by atoms with Crippen molar-refractivity contribution in [3.8, 4) is 39.6 Å². The molecule has 0 bridgehead atoms. The van der Waals surface area contributed by atoms with Gasteiger partial charge in [0.2, 0.25) is 0 Å². The maximum absolute atomic E-state index is 10.4. The Morgan fingerprint density at radius 1 is 1.15 bits per heavy atom. The van der Waals surface area contributed by atoms with E-state index in [1.807, 2.05) is 43.5 Å². The average Bonchev–Trinajstić information content (AvgIpc) is 3.29. The molecule has 2 aromatic heterocycles. The Balaban J connectivity index is 0.00000210. The summed E-state index contributed by atoms with van der Waals surface area (Å²) in [6.07, 6.45) is 3.68. The van der Waals surface area contributed by atoms with Gasteiger partial charge in [0.05, 0.1) is 35.8 Å². The third kappa shape index (κ3) is 2.71. The van der Waals surface area contributed by atoms with E-state index in [1.165, 1.54) is 0 Å². The van der Waals surface area contributed by atoms with Gasteiger partial charge in [-0.2, -0.15) is 5.10 Å². The lowest BCUT2D eigenvalue weighted by Gasteiger charge is -2.06. The molecule has 0 aliphatic carbocycles. The Hall–Kier alpha value is -3.54. The highest BCUT2D eigenvalue weighted by Gasteiger charge is 2.21. The summed E-state index contributed by atoms with van der Waals surface area (Å²) in [5.41, 5.74) is 3.89. The zero-order chi connectivity index (χ0) is 18.1. The van der Waals surface area contributed by atoms with Gasteiger partial charge in [0, 0.05) is 19.3 Å². The highest BCUT2D eigenvalue weighted by atomic mass is 16.5. The predicted octanol–water partition coefficient (Wildman–Crippen LogP) is 4.46. The maximum atomic E-state index is 10.4. The molecule has 26 heavy (non-hydrogen) atoms. The summed E-state index contributed by atoms with van der Waals surface area (Å²) in [4.78, 5) is 0. The largest absolute Gasteiger partial charge is 0.507 e. The summed E-state index contributed by atoms with van der Waals surface area (Å²) < 4.78 is 12.4. The van der Waals surface area contributed by atoms with Gasteiger partial charge >= 0.3 is 0 Å². The molecule has 132 valence electrons. The minimum Gasteiger partial charge on any atom is -0.507 e. The third-order valence-electron chi connectivity index (χ3n) is 4.20. The fourth-order valence-electron chi connectivity index (χ4n) is 2.90. The SMILES string of the molecule is COc1ccc(-c2onc(C)c2-c2cnn(-c3ccccc3)c2)c(O)c1.[HH]. The fraction of sp³-hybridized carbons (Fsp3) is 0.100. The smallest absolute Gasteiger partial charge is 0.178 e. The molecule has 4 rings (SSSR count). The first-order chi connectivity index (χ1) is 12.7. The Bertz CT molecular complexity index is 1060. The number of aromatic hydroxyl groups is 1. The van der Waals surface area contributed by atoms with Crippen molar-refractivity contribution < 1.29 is 15.8 Å². The van der Waals surface area contributed by atoms with E-state index in [2.05, 4.69) is 10.3 Å². The maximum Gasteiger partial charge on any atom is 0.178 e. The van der Waals surface area contributed by atoms with E-state index in [0.29, 0.717) is 17.1 Å². The Morgan fingerprint density at radius 2 is 1.96 bits per heavy atom. The molecule has 1 N–H and O–H groups in total. The molecule has 6 heteroatoms. The van der Waals surface area contributed by atoms with Crippen molar-refractivity contribution in [2.45, 2.75) is 6.92 Å². The first kappa shape index (κ1) is 16.0. The van der Waals surface area contributed by atoms with E-state index >= 15 is 0 Å². The van der Waals surface area contributed by atoms with E-state index in [-0.39, 0.29) is 7.18 Å². The molecule has 0 amide bonds. The van der Waals surface area contributed by atoms with Gasteiger partial charge in [0.1, 0.15) is 11.5 Å². The van der Waals surface area contributed by atoms with Crippen molar-refractivity contribution in [1.29, 1.82) is 0 Å². The van der Waals surface area contributed by atoms with Crippen LogP contribution in [0.1, 0.15) is 7.12 Å². The number of methoxy groups -OCH3 is 1. The number of nitrogens with zero attached hydrogens (tertiary/aromatic N) is 3. The van der Waals surface area contributed by atoms with Crippen LogP contribution in [0.4, 0.5) is 0 Å². The summed E-state index contributed by atoms with van der Waals surface area (Å²) in [5, 5.41) is 18.9. The minimum atomic E-state index is 0. The van der Waals surface area contributed by atoms with E-state index in [0.717, 1.165) is 22.5 Å². The highest BCUT2D eigenvalue weighted by Crippen LogP contribution is 2.40. The van der Waals surface area contributed by atoms with Crippen LogP contribution in [0.5, 0.6) is 11.5 Å². The number of benzene rings is 2. The quantitative estimate of drug-likeness (QED) is 0.589. The van der Waals surface area contributed by atoms with Crippen molar-refractivity contribution in [2.24, 2.45) is 0 Å². The first-order valence-corrected chi connectivity index (χ1v) is 8.11. The van der Waals surface area contributed by atoms with Crippen molar-refractivity contribution in [2.75, 3.05) is 7.11 Å². The molecule has 0 spiro atoms. The molecule has 2 heterocycles. The Morgan fingerprint density at radius 3 is 2.69 bits per heavy atom. The number of hydrogen-bond acceptors (Lipinski definition) is 5. The lowest BCUT2D eigenvalue weighted by molar-refractivity contribution is 0.405. The average molecular weight is 349 g/mol. The molecule has 0 saturated carbocycles. The zero-order valence-electron chi connectivity index (χ0n) is 14.4. The second-order valence-electron chi connectivity index (χ2n) is 5.86. The van der Waals surface area contributed by atoms with Gasteiger partial charge < -0.3 is 14.4 Å². The van der Waals surface area contributed by atoms with Crippen LogP contribution in [-0.4, -0.2) is 27.2 Å². The zero-order valence-corrected chi connectivity index (χ0v) is 14.4. The third-order valence-corrected chi connectivity index (χ3v) is 4.20. The summed E-state index contributed by atoms with van der Waals surface area (Å²) >= 11 is 0. The molecule has 0 aliphatic rings. The summed E-state index contributed by atoms with van der Waals surface area (Å²) in [7, 11) is 1.55. The molecule has 0 saturated heterocycles. The number of para-hydroxylation sites is 1. The molecule has 0 unspecified atom stereocenters. The summed E-state index contributed by atoms with van der Waals surface area (Å²) in [5.74, 6) is 1.13. The number of aromatic nitrogens is 3. The van der Waals surface area contributed by atoms with Crippen molar-refractivity contribution in [3.63, 3.8) is 0 Å². The number of phenolic OH excluding ortho intramolecular Hbond substituents is 1. The summed E-state index contributed by atoms with van der Waals surface area (Å²) in [6, 6.07) is 14.9. The Labute approximate surface area is 151 Å². The molecule has 2 aromatic carbocycles. The topological polar surface area (TPSA) is 73.3 Å². The molecule has 0 aliphatic heterocycles. The molecule has 0 radical (unpaired) electrons. The van der Waals surface area contributed by atoms with Gasteiger partial charge in [0.15, 0.2) is 5.76 Å². The van der Waals surface area contributed by atoms with Crippen LogP contribution in [0.25, 0.3) is 28.1 Å². The van der Waals surface area contributed by atoms with Crippen LogP contribution in [0.15, 0.2) is 65.4 Å². The van der Waals surface area contributed by atoms with Crippen LogP contribution in [0.2, 0.25) is 0 Å². The van der Waals surface area contributed by atoms with E-state index in [4.69, 9.17) is 9.26 Å². The predicted molar refractivity (Wildman–Crippen MR) is 99.6 cm³/mol. The van der Waals surface area contributed by atoms with E-state index in [9.17, 15) is 5.11 Å². The lowest BCUT2D eigenvalue weighted by atomic mass is 10.0. The van der Waals surface area contributed by atoms with Gasteiger partial charge in [-0.1, -0.05) is 23.4 Å². The normalized spacial score (nSPS) is 10.8. The van der Waals surface area contributed by atoms with Gasteiger partial charge in [-0.15, -0.1) is 0 Å². The van der Waals surface area contributed by atoms with Crippen molar-refractivity contribution in [3.05, 3.63) is 66.6 Å². The van der Waals surface area contributed by atoms with Crippen LogP contribution >= 0.6 is 0 Å². The molecular weight excluding hydrogens is 330 g/mol. The molecule has 6 nitrogen and oxygen atoms in total. The monoisotopic (exact) mass is 349 g/mol. The van der Waals surface area contributed by atoms with Crippen LogP contribution in [-0.2, 0) is 0 Å². The number of phenols is 1. The standard InChI is InChI=1S/C20H17N3O3.H2/c1-13-19(14-11-21-23(12-14)15-6-4-3-5-7-15)20(26-22-13)17-9-8-16(25-2)10-18(17)24;/h3-12,24H,1-2H3;1H. The molecule has 4 aromatic rings. The number of aryl methyl sites for hydroxylation is 1. The van der Waals surface area contributed by atoms with Gasteiger partial charge in [-0.25, -0.2) is 4.68 Å². The Kier molecular flexibility index (Phi) is 3.93. The van der Waals surface area contributed by atoms with Gasteiger partial charge in [0.25, 0.3) is 0 Å². The van der Waals surface area contributed by atoms with Gasteiger partial charge in [-0.3, -0.25) is 0 Å². The first-order valence-electron chi connectivity index (χ1n) is 8.11. The van der Waals surface area contributed by atoms with E-state index < -0.39 is 0 Å². The van der Waals surface area contributed by atoms with Crippen molar-refractivity contribution in [1.82, 2.24) is 14.9 Å². The molecule has 0 atom stereocenters. The molecule has 0 fully saturated rings. The second kappa shape index (κ2) is 6.40. The molecular formula is C20H19N3O3. The fourth-order valence-corrected chi connectivity index (χ4v) is 2.90. The van der Waals surface area contributed by atoms with E-state index in [1.54, 1.807) is 36.2 Å².